The van der Waals surface area contributed by atoms with E-state index in [1.807, 2.05) is 0 Å². The molecule has 1 aliphatic carbocycles. The van der Waals surface area contributed by atoms with Crippen LogP contribution in [0, 0.1) is 23.7 Å². The van der Waals surface area contributed by atoms with Crippen LogP contribution in [0.4, 0.5) is 0 Å². The molecule has 0 aromatic carbocycles. The fraction of sp³-hybridized carbons (Fsp3) is 0.923. The molecule has 4 unspecified atom stereocenters. The summed E-state index contributed by atoms with van der Waals surface area (Å²) in [4.78, 5) is 12.0. The van der Waals surface area contributed by atoms with Gasteiger partial charge in [0.15, 0.2) is 0 Å². The van der Waals surface area contributed by atoms with Gasteiger partial charge in [-0.15, -0.1) is 0 Å². The standard InChI is InChI=1S/C13H26N2O/c1-8(2)7-15-13(16)11-6-12(14)10(4)5-9(11)3/h8-12H,5-7,14H2,1-4H3,(H,15,16). The second kappa shape index (κ2) is 5.67. The summed E-state index contributed by atoms with van der Waals surface area (Å²) in [6, 6.07) is 0.186. The summed E-state index contributed by atoms with van der Waals surface area (Å²) < 4.78 is 0. The van der Waals surface area contributed by atoms with E-state index in [2.05, 4.69) is 33.0 Å². The zero-order valence-electron chi connectivity index (χ0n) is 11.0. The van der Waals surface area contributed by atoms with Gasteiger partial charge in [0.1, 0.15) is 0 Å². The van der Waals surface area contributed by atoms with Crippen molar-refractivity contribution in [2.24, 2.45) is 29.4 Å². The third-order valence-corrected chi connectivity index (χ3v) is 3.71. The van der Waals surface area contributed by atoms with Gasteiger partial charge in [0.25, 0.3) is 0 Å². The predicted octanol–water partition coefficient (Wildman–Crippen LogP) is 1.77. The normalized spacial score (nSPS) is 35.1. The summed E-state index contributed by atoms with van der Waals surface area (Å²) in [5.41, 5.74) is 6.04. The number of carbonyl (C=O) groups is 1. The van der Waals surface area contributed by atoms with Crippen LogP contribution in [0.2, 0.25) is 0 Å². The molecule has 3 nitrogen and oxygen atoms in total. The Kier molecular flexibility index (Phi) is 4.78. The molecule has 0 aromatic heterocycles. The van der Waals surface area contributed by atoms with Crippen LogP contribution in [0.5, 0.6) is 0 Å². The van der Waals surface area contributed by atoms with Crippen molar-refractivity contribution in [2.45, 2.75) is 46.6 Å². The van der Waals surface area contributed by atoms with E-state index >= 15 is 0 Å². The van der Waals surface area contributed by atoms with Crippen molar-refractivity contribution in [3.8, 4) is 0 Å². The molecule has 0 spiro atoms. The average Bonchev–Trinajstić information content (AvgIpc) is 2.20. The van der Waals surface area contributed by atoms with Gasteiger partial charge in [-0.3, -0.25) is 4.79 Å². The Morgan fingerprint density at radius 3 is 2.50 bits per heavy atom. The highest BCUT2D eigenvalue weighted by Gasteiger charge is 2.34. The van der Waals surface area contributed by atoms with Crippen LogP contribution in [0.1, 0.15) is 40.5 Å². The fourth-order valence-corrected chi connectivity index (χ4v) is 2.48. The molecule has 0 saturated heterocycles. The largest absolute Gasteiger partial charge is 0.356 e. The summed E-state index contributed by atoms with van der Waals surface area (Å²) in [7, 11) is 0. The van der Waals surface area contributed by atoms with Crippen LogP contribution < -0.4 is 11.1 Å². The molecule has 1 amide bonds. The van der Waals surface area contributed by atoms with Gasteiger partial charge < -0.3 is 11.1 Å². The lowest BCUT2D eigenvalue weighted by atomic mass is 9.72. The Hall–Kier alpha value is -0.570. The van der Waals surface area contributed by atoms with E-state index in [1.165, 1.54) is 0 Å². The zero-order chi connectivity index (χ0) is 12.3. The van der Waals surface area contributed by atoms with E-state index in [-0.39, 0.29) is 17.9 Å². The van der Waals surface area contributed by atoms with E-state index in [0.717, 1.165) is 19.4 Å². The summed E-state index contributed by atoms with van der Waals surface area (Å²) >= 11 is 0. The van der Waals surface area contributed by atoms with Crippen molar-refractivity contribution < 1.29 is 4.79 Å². The van der Waals surface area contributed by atoms with E-state index in [1.54, 1.807) is 0 Å². The van der Waals surface area contributed by atoms with Crippen molar-refractivity contribution in [1.29, 1.82) is 0 Å². The first-order valence-corrected chi connectivity index (χ1v) is 6.45. The molecule has 0 aromatic rings. The van der Waals surface area contributed by atoms with Crippen molar-refractivity contribution in [3.05, 3.63) is 0 Å². The monoisotopic (exact) mass is 226 g/mol. The van der Waals surface area contributed by atoms with Crippen LogP contribution in [-0.4, -0.2) is 18.5 Å². The van der Waals surface area contributed by atoms with Crippen LogP contribution in [0.3, 0.4) is 0 Å². The molecule has 3 heteroatoms. The maximum absolute atomic E-state index is 12.0. The second-order valence-electron chi connectivity index (χ2n) is 5.84. The van der Waals surface area contributed by atoms with E-state index in [0.29, 0.717) is 17.8 Å². The lowest BCUT2D eigenvalue weighted by Crippen LogP contribution is -2.45. The van der Waals surface area contributed by atoms with Gasteiger partial charge in [0.2, 0.25) is 5.91 Å². The molecule has 1 saturated carbocycles. The van der Waals surface area contributed by atoms with E-state index in [9.17, 15) is 4.79 Å². The van der Waals surface area contributed by atoms with Crippen molar-refractivity contribution >= 4 is 5.91 Å². The highest BCUT2D eigenvalue weighted by atomic mass is 16.1. The second-order valence-corrected chi connectivity index (χ2v) is 5.84. The molecular formula is C13H26N2O. The highest BCUT2D eigenvalue weighted by molar-refractivity contribution is 5.79. The number of hydrogen-bond acceptors (Lipinski definition) is 2. The van der Waals surface area contributed by atoms with Gasteiger partial charge in [0, 0.05) is 18.5 Å². The lowest BCUT2D eigenvalue weighted by Gasteiger charge is -2.36. The summed E-state index contributed by atoms with van der Waals surface area (Å²) in [5, 5.41) is 3.02. The van der Waals surface area contributed by atoms with Gasteiger partial charge in [0.05, 0.1) is 0 Å². The minimum atomic E-state index is 0.116. The van der Waals surface area contributed by atoms with Gasteiger partial charge >= 0.3 is 0 Å². The number of nitrogens with two attached hydrogens (primary N) is 1. The maximum Gasteiger partial charge on any atom is 0.223 e. The molecule has 3 N–H and O–H groups in total. The van der Waals surface area contributed by atoms with Gasteiger partial charge in [-0.25, -0.2) is 0 Å². The average molecular weight is 226 g/mol. The van der Waals surface area contributed by atoms with Crippen LogP contribution in [-0.2, 0) is 4.79 Å². The first-order chi connectivity index (χ1) is 7.41. The molecule has 1 fully saturated rings. The Morgan fingerprint density at radius 2 is 1.94 bits per heavy atom. The van der Waals surface area contributed by atoms with Crippen LogP contribution in [0.25, 0.3) is 0 Å². The minimum Gasteiger partial charge on any atom is -0.356 e. The molecule has 0 bridgehead atoms. The third kappa shape index (κ3) is 3.48. The smallest absolute Gasteiger partial charge is 0.223 e. The number of hydrogen-bond donors (Lipinski definition) is 2. The van der Waals surface area contributed by atoms with Crippen molar-refractivity contribution in [3.63, 3.8) is 0 Å². The number of amides is 1. The van der Waals surface area contributed by atoms with E-state index < -0.39 is 0 Å². The molecule has 1 rings (SSSR count). The van der Waals surface area contributed by atoms with Gasteiger partial charge in [-0.2, -0.15) is 0 Å². The first-order valence-electron chi connectivity index (χ1n) is 6.45. The Bertz CT molecular complexity index is 240. The Labute approximate surface area is 99.2 Å². The fourth-order valence-electron chi connectivity index (χ4n) is 2.48. The number of nitrogens with one attached hydrogen (secondary N) is 1. The Balaban J connectivity index is 2.48. The third-order valence-electron chi connectivity index (χ3n) is 3.71. The SMILES string of the molecule is CC(C)CNC(=O)C1CC(N)C(C)CC1C. The first kappa shape index (κ1) is 13.5. The van der Waals surface area contributed by atoms with Crippen LogP contribution >= 0.6 is 0 Å². The number of carbonyl (C=O) groups excluding carboxylic acids is 1. The quantitative estimate of drug-likeness (QED) is 0.770. The molecular weight excluding hydrogens is 200 g/mol. The summed E-state index contributed by atoms with van der Waals surface area (Å²) in [6.07, 6.45) is 1.91. The zero-order valence-corrected chi connectivity index (χ0v) is 11.0. The van der Waals surface area contributed by atoms with E-state index in [4.69, 9.17) is 5.73 Å². The van der Waals surface area contributed by atoms with Crippen LogP contribution in [0.15, 0.2) is 0 Å². The molecule has 0 radical (unpaired) electrons. The number of rotatable bonds is 3. The summed E-state index contributed by atoms with van der Waals surface area (Å²) in [5.74, 6) is 1.83. The molecule has 1 aliphatic rings. The van der Waals surface area contributed by atoms with Gasteiger partial charge in [-0.05, 0) is 30.6 Å². The molecule has 16 heavy (non-hydrogen) atoms. The maximum atomic E-state index is 12.0. The minimum absolute atomic E-state index is 0.116. The molecule has 0 heterocycles. The summed E-state index contributed by atoms with van der Waals surface area (Å²) in [6.45, 7) is 9.34. The van der Waals surface area contributed by atoms with Crippen molar-refractivity contribution in [2.75, 3.05) is 6.54 Å². The van der Waals surface area contributed by atoms with Gasteiger partial charge in [-0.1, -0.05) is 27.7 Å². The highest BCUT2D eigenvalue weighted by Crippen LogP contribution is 2.32. The Morgan fingerprint density at radius 1 is 1.31 bits per heavy atom. The van der Waals surface area contributed by atoms with Crippen molar-refractivity contribution in [1.82, 2.24) is 5.32 Å². The molecule has 0 aliphatic heterocycles. The molecule has 4 atom stereocenters. The molecule has 94 valence electrons. The predicted molar refractivity (Wildman–Crippen MR) is 66.9 cm³/mol. The lowest BCUT2D eigenvalue weighted by molar-refractivity contribution is -0.128. The topological polar surface area (TPSA) is 55.1 Å².